The molecule has 0 heterocycles. The summed E-state index contributed by atoms with van der Waals surface area (Å²) in [6.45, 7) is -8.77. The van der Waals surface area contributed by atoms with Crippen LogP contribution >= 0.6 is 17.1 Å². The Morgan fingerprint density at radius 3 is 0.821 bits per heavy atom. The molecule has 0 saturated heterocycles. The van der Waals surface area contributed by atoms with E-state index in [9.17, 15) is 52.7 Å². The van der Waals surface area contributed by atoms with Crippen LogP contribution in [0.3, 0.4) is 0 Å². The lowest BCUT2D eigenvalue weighted by atomic mass is 10.7. The number of rotatable bonds is 10. The zero-order chi connectivity index (χ0) is 22.4. The Balaban J connectivity index is 5.32. The van der Waals surface area contributed by atoms with Crippen LogP contribution < -0.4 is 0 Å². The van der Waals surface area contributed by atoms with Crippen molar-refractivity contribution in [2.24, 2.45) is 0 Å². The molecule has 0 aromatic rings. The van der Waals surface area contributed by atoms with E-state index in [2.05, 4.69) is 18.1 Å². The fraction of sp³-hybridized carbons (Fsp3) is 1.00. The molecule has 0 spiro atoms. The smallest absolute Gasteiger partial charge is 0.312 e. The Morgan fingerprint density at radius 1 is 0.500 bits per heavy atom. The molecule has 28 heavy (non-hydrogen) atoms. The number of halogens is 12. The van der Waals surface area contributed by atoms with E-state index in [0.717, 1.165) is 0 Å². The van der Waals surface area contributed by atoms with Gasteiger partial charge < -0.3 is 18.1 Å². The number of alkyl halides is 12. The van der Waals surface area contributed by atoms with Crippen LogP contribution in [-0.4, -0.2) is 62.6 Å². The van der Waals surface area contributed by atoms with Crippen LogP contribution in [0.2, 0.25) is 0 Å². The van der Waals surface area contributed by atoms with Crippen LogP contribution in [0.15, 0.2) is 0 Å². The number of nitrogens with zero attached hydrogens (tertiary/aromatic N) is 1. The van der Waals surface area contributed by atoms with Gasteiger partial charge in [0.15, 0.2) is 26.4 Å². The molecule has 0 atom stereocenters. The van der Waals surface area contributed by atoms with Crippen LogP contribution in [0.5, 0.6) is 0 Å². The van der Waals surface area contributed by atoms with Gasteiger partial charge in [-0.25, -0.2) is 0 Å². The van der Waals surface area contributed by atoms with Crippen LogP contribution in [-0.2, 0) is 18.1 Å². The van der Waals surface area contributed by atoms with Crippen molar-refractivity contribution in [1.82, 2.24) is 4.44 Å². The average molecular weight is 487 g/mol. The van der Waals surface area contributed by atoms with Gasteiger partial charge in [-0.2, -0.15) is 57.1 Å². The second-order valence-electron chi connectivity index (χ2n) is 4.52. The maximum absolute atomic E-state index is 12.2. The van der Waals surface area contributed by atoms with Crippen LogP contribution in [0, 0.1) is 0 Å². The van der Waals surface area contributed by atoms with Gasteiger partial charge in [0.2, 0.25) is 0 Å². The van der Waals surface area contributed by atoms with Gasteiger partial charge in [0.05, 0.1) is 0 Å². The molecule has 0 unspecified atom stereocenters. The summed E-state index contributed by atoms with van der Waals surface area (Å²) in [5, 5.41) is 0. The van der Waals surface area contributed by atoms with Crippen molar-refractivity contribution in [1.29, 1.82) is 0 Å². The van der Waals surface area contributed by atoms with Gasteiger partial charge in [-0.3, -0.25) is 0 Å². The summed E-state index contributed by atoms with van der Waals surface area (Å²) in [5.74, 6) is 0. The van der Waals surface area contributed by atoms with E-state index < -0.39 is 68.2 Å². The molecule has 0 aliphatic heterocycles. The first-order valence-electron chi connectivity index (χ1n) is 6.41. The molecule has 0 saturated carbocycles. The molecule has 0 rings (SSSR count). The van der Waals surface area contributed by atoms with Crippen molar-refractivity contribution in [2.45, 2.75) is 24.7 Å². The Kier molecular flexibility index (Phi) is 10.7. The third-order valence-corrected chi connectivity index (χ3v) is 5.05. The van der Waals surface area contributed by atoms with E-state index in [4.69, 9.17) is 0 Å². The predicted molar refractivity (Wildman–Crippen MR) is 69.6 cm³/mol. The quantitative estimate of drug-likeness (QED) is 0.293. The van der Waals surface area contributed by atoms with Crippen molar-refractivity contribution >= 4 is 17.1 Å². The Hall–Kier alpha value is -0.180. The maximum Gasteiger partial charge on any atom is 0.412 e. The lowest BCUT2D eigenvalue weighted by molar-refractivity contribution is -0.165. The molecule has 0 N–H and O–H groups in total. The van der Waals surface area contributed by atoms with Crippen molar-refractivity contribution in [2.75, 3.05) is 33.5 Å². The molecule has 5 nitrogen and oxygen atoms in total. The fourth-order valence-electron chi connectivity index (χ4n) is 0.982. The summed E-state index contributed by atoms with van der Waals surface area (Å²) in [4.78, 5) is 0. The highest BCUT2D eigenvalue weighted by Crippen LogP contribution is 2.59. The molecule has 0 fully saturated rings. The number of hydrogen-bond acceptors (Lipinski definition) is 5. The third kappa shape index (κ3) is 15.7. The molecule has 19 heteroatoms. The Bertz CT molecular complexity index is 378. The van der Waals surface area contributed by atoms with Crippen molar-refractivity contribution in [3.05, 3.63) is 0 Å². The minimum atomic E-state index is -5.08. The van der Waals surface area contributed by atoms with Crippen molar-refractivity contribution < 1.29 is 70.8 Å². The van der Waals surface area contributed by atoms with Crippen LogP contribution in [0.4, 0.5) is 52.7 Å². The van der Waals surface area contributed by atoms with E-state index in [1.165, 1.54) is 0 Å². The largest absolute Gasteiger partial charge is 0.412 e. The molecule has 0 aromatic heterocycles. The zero-order valence-corrected chi connectivity index (χ0v) is 15.1. The van der Waals surface area contributed by atoms with Gasteiger partial charge >= 0.3 is 24.7 Å². The highest BCUT2D eigenvalue weighted by Gasteiger charge is 2.41. The van der Waals surface area contributed by atoms with Gasteiger partial charge in [-0.05, 0) is 0 Å². The topological polar surface area (TPSA) is 40.2 Å². The van der Waals surface area contributed by atoms with Crippen molar-refractivity contribution in [3.63, 3.8) is 0 Å². The zero-order valence-electron chi connectivity index (χ0n) is 13.3. The first-order valence-corrected chi connectivity index (χ1v) is 8.67. The SMILES string of the molecule is CN(P(OCC(F)(F)F)OCC(F)(F)F)P(OCC(F)(F)F)OCC(F)(F)F. The van der Waals surface area contributed by atoms with E-state index in [1.54, 1.807) is 0 Å². The Labute approximate surface area is 151 Å². The van der Waals surface area contributed by atoms with Gasteiger partial charge in [0.25, 0.3) is 17.1 Å². The van der Waals surface area contributed by atoms with Gasteiger partial charge in [0, 0.05) is 7.05 Å². The molecule has 0 aromatic carbocycles. The maximum atomic E-state index is 12.2. The molecule has 0 aliphatic carbocycles. The standard InChI is InChI=1S/C9H11F12NO4P2/c1-22(27(23-2-6(10,11)12)24-3-7(13,14)15)28(25-4-8(16,17)18)26-5-9(19,20)21/h2-5H2,1H3. The second-order valence-corrected chi connectivity index (χ2v) is 8.02. The van der Waals surface area contributed by atoms with Crippen molar-refractivity contribution in [3.8, 4) is 0 Å². The first kappa shape index (κ1) is 27.8. The van der Waals surface area contributed by atoms with E-state index in [-0.39, 0.29) is 4.44 Å². The van der Waals surface area contributed by atoms with Gasteiger partial charge in [-0.15, -0.1) is 0 Å². The second kappa shape index (κ2) is 10.7. The normalized spacial score (nSPS) is 14.6. The highest BCUT2D eigenvalue weighted by molar-refractivity contribution is 7.60. The summed E-state index contributed by atoms with van der Waals surface area (Å²) in [5.41, 5.74) is 0. The molecule has 0 aliphatic rings. The predicted octanol–water partition coefficient (Wildman–Crippen LogP) is 5.69. The Morgan fingerprint density at radius 2 is 0.679 bits per heavy atom. The van der Waals surface area contributed by atoms with Crippen LogP contribution in [0.1, 0.15) is 0 Å². The average Bonchev–Trinajstić information content (AvgIpc) is 2.42. The molecule has 0 amide bonds. The molecular formula is C9H11F12NO4P2. The molecule has 170 valence electrons. The lowest BCUT2D eigenvalue weighted by Crippen LogP contribution is -2.25. The molecular weight excluding hydrogens is 476 g/mol. The van der Waals surface area contributed by atoms with E-state index in [0.29, 0.717) is 7.05 Å². The summed E-state index contributed by atoms with van der Waals surface area (Å²) >= 11 is 0. The molecule has 0 radical (unpaired) electrons. The van der Waals surface area contributed by atoms with Gasteiger partial charge in [0.1, 0.15) is 0 Å². The molecule has 0 bridgehead atoms. The fourth-order valence-corrected chi connectivity index (χ4v) is 3.92. The first-order chi connectivity index (χ1) is 12.3. The number of hydrogen-bond donors (Lipinski definition) is 0. The van der Waals surface area contributed by atoms with Crippen LogP contribution in [0.25, 0.3) is 0 Å². The minimum Gasteiger partial charge on any atom is -0.312 e. The lowest BCUT2D eigenvalue weighted by Gasteiger charge is -2.31. The summed E-state index contributed by atoms with van der Waals surface area (Å²) < 4.78 is 163. The van der Waals surface area contributed by atoms with E-state index in [1.807, 2.05) is 0 Å². The highest BCUT2D eigenvalue weighted by atomic mass is 31.2. The van der Waals surface area contributed by atoms with Gasteiger partial charge in [-0.1, -0.05) is 0 Å². The summed E-state index contributed by atoms with van der Waals surface area (Å²) in [6, 6.07) is 0. The minimum absolute atomic E-state index is 0.0413. The summed E-state index contributed by atoms with van der Waals surface area (Å²) in [6.07, 6.45) is -20.3. The van der Waals surface area contributed by atoms with E-state index >= 15 is 0 Å². The summed E-state index contributed by atoms with van der Waals surface area (Å²) in [7, 11) is -6.37. The monoisotopic (exact) mass is 487 g/mol. The third-order valence-electron chi connectivity index (χ3n) is 1.83.